The minimum atomic E-state index is -0.954. The van der Waals surface area contributed by atoms with Crippen LogP contribution in [0.3, 0.4) is 0 Å². The van der Waals surface area contributed by atoms with E-state index in [-0.39, 0.29) is 75.3 Å². The van der Waals surface area contributed by atoms with Gasteiger partial charge in [0, 0.05) is 25.7 Å². The fourth-order valence-electron chi connectivity index (χ4n) is 6.26. The van der Waals surface area contributed by atoms with Crippen LogP contribution in [-0.2, 0) is 44.9 Å². The van der Waals surface area contributed by atoms with E-state index in [9.17, 15) is 39.6 Å². The van der Waals surface area contributed by atoms with Gasteiger partial charge in [0.25, 0.3) is 0 Å². The first-order valence-electron chi connectivity index (χ1n) is 15.6. The predicted molar refractivity (Wildman–Crippen MR) is 180 cm³/mol. The molecule has 0 spiro atoms. The molecule has 1 aliphatic rings. The SMILES string of the molecule is Cc1c2[n-]c(c1CCC(=O)O)/C=c1\[n-]/c(c(CCC(=O)O)c1C)=C\c1[n-]c(c(CCC(=O)O)c1C)/C=c1\[n-]/c(c(CCC(=O)O)c1C)=C\2.[Sn+4]. The van der Waals surface area contributed by atoms with Crippen molar-refractivity contribution in [3.63, 3.8) is 0 Å². The summed E-state index contributed by atoms with van der Waals surface area (Å²) >= 11 is 0. The molecule has 252 valence electrons. The summed E-state index contributed by atoms with van der Waals surface area (Å²) in [6, 6.07) is 0. The van der Waals surface area contributed by atoms with Gasteiger partial charge in [-0.15, -0.1) is 44.2 Å². The van der Waals surface area contributed by atoms with Crippen molar-refractivity contribution in [1.82, 2.24) is 19.9 Å². The van der Waals surface area contributed by atoms with Gasteiger partial charge < -0.3 is 40.4 Å². The maximum atomic E-state index is 11.6. The average molecular weight is 771 g/mol. The van der Waals surface area contributed by atoms with Crippen molar-refractivity contribution in [1.29, 1.82) is 0 Å². The summed E-state index contributed by atoms with van der Waals surface area (Å²) in [5.41, 5.74) is 8.16. The molecule has 1 aliphatic heterocycles. The second-order valence-electron chi connectivity index (χ2n) is 12.1. The molecule has 0 unspecified atom stereocenters. The summed E-state index contributed by atoms with van der Waals surface area (Å²) in [6.45, 7) is 7.43. The van der Waals surface area contributed by atoms with E-state index >= 15 is 0 Å². The van der Waals surface area contributed by atoms with Gasteiger partial charge in [0.1, 0.15) is 0 Å². The fraction of sp³-hybridized carbons (Fsp3) is 0.333. The van der Waals surface area contributed by atoms with Crippen molar-refractivity contribution in [3.8, 4) is 0 Å². The minimum Gasteiger partial charge on any atom is -0.657 e. The molecule has 0 fully saturated rings. The smallest absolute Gasteiger partial charge is 0.657 e. The van der Waals surface area contributed by atoms with Crippen LogP contribution < -0.4 is 41.3 Å². The van der Waals surface area contributed by atoms with Crippen LogP contribution in [0.1, 0.15) is 93.0 Å². The predicted octanol–water partition coefficient (Wildman–Crippen LogP) is 0.0657. The zero-order chi connectivity index (χ0) is 34.9. The summed E-state index contributed by atoms with van der Waals surface area (Å²) in [4.78, 5) is 65.9. The Morgan fingerprint density at radius 2 is 0.714 bits per heavy atom. The van der Waals surface area contributed by atoms with Gasteiger partial charge in [-0.1, -0.05) is 68.8 Å². The molecule has 0 aromatic carbocycles. The quantitative estimate of drug-likeness (QED) is 0.124. The second-order valence-corrected chi connectivity index (χ2v) is 12.1. The molecule has 4 aromatic rings. The van der Waals surface area contributed by atoms with Gasteiger partial charge in [0.2, 0.25) is 0 Å². The average Bonchev–Trinajstić information content (AvgIpc) is 3.66. The van der Waals surface area contributed by atoms with Crippen molar-refractivity contribution in [3.05, 3.63) is 88.7 Å². The molecule has 0 saturated carbocycles. The summed E-state index contributed by atoms with van der Waals surface area (Å²) in [7, 11) is 0. The Labute approximate surface area is 298 Å². The Hall–Kier alpha value is -4.72. The molecule has 0 aliphatic carbocycles. The first kappa shape index (κ1) is 37.1. The van der Waals surface area contributed by atoms with E-state index in [0.29, 0.717) is 44.2 Å². The van der Waals surface area contributed by atoms with E-state index in [1.807, 2.05) is 27.7 Å². The molecule has 8 bridgehead atoms. The Bertz CT molecular complexity index is 2060. The molecule has 49 heavy (non-hydrogen) atoms. The number of nitrogens with zero attached hydrogens (tertiary/aromatic N) is 4. The molecule has 5 heterocycles. The van der Waals surface area contributed by atoms with Crippen LogP contribution in [0.2, 0.25) is 0 Å². The van der Waals surface area contributed by atoms with Crippen LogP contribution in [0.25, 0.3) is 24.3 Å². The van der Waals surface area contributed by atoms with Crippen LogP contribution >= 0.6 is 0 Å². The molecular formula is C36H36N4O8Sn. The molecule has 0 radical (unpaired) electrons. The molecule has 4 aromatic heterocycles. The topological polar surface area (TPSA) is 206 Å². The summed E-state index contributed by atoms with van der Waals surface area (Å²) < 4.78 is 0. The number of aliphatic carboxylic acids is 4. The van der Waals surface area contributed by atoms with E-state index in [4.69, 9.17) is 19.9 Å². The minimum absolute atomic E-state index is 0. The summed E-state index contributed by atoms with van der Waals surface area (Å²) in [6.07, 6.45) is 7.54. The Balaban J connectivity index is 0.00000541. The van der Waals surface area contributed by atoms with Gasteiger partial charge in [-0.25, -0.2) is 0 Å². The number of fused-ring (bicyclic) bond motifs is 8. The molecular weight excluding hydrogens is 735 g/mol. The monoisotopic (exact) mass is 772 g/mol. The third kappa shape index (κ3) is 8.12. The van der Waals surface area contributed by atoms with Gasteiger partial charge in [0.15, 0.2) is 0 Å². The van der Waals surface area contributed by atoms with Crippen molar-refractivity contribution in [2.45, 2.75) is 79.1 Å². The zero-order valence-electron chi connectivity index (χ0n) is 27.7. The number of carbonyl (C=O) groups is 4. The molecule has 4 N–H and O–H groups in total. The molecule has 12 nitrogen and oxygen atoms in total. The van der Waals surface area contributed by atoms with Crippen LogP contribution in [0, 0.1) is 27.7 Å². The molecule has 0 amide bonds. The molecule has 5 rings (SSSR count). The van der Waals surface area contributed by atoms with Gasteiger partial charge >= 0.3 is 47.8 Å². The largest absolute Gasteiger partial charge is 4.00 e. The molecule has 13 heteroatoms. The number of aromatic nitrogens is 4. The first-order chi connectivity index (χ1) is 22.7. The van der Waals surface area contributed by atoms with Crippen LogP contribution in [0.5, 0.6) is 0 Å². The van der Waals surface area contributed by atoms with E-state index in [1.54, 1.807) is 24.3 Å². The Morgan fingerprint density at radius 3 is 1.02 bits per heavy atom. The number of carboxylic acid groups (broad SMARTS) is 4. The van der Waals surface area contributed by atoms with Crippen molar-refractivity contribution < 1.29 is 39.6 Å². The van der Waals surface area contributed by atoms with Gasteiger partial charge in [-0.05, 0) is 53.4 Å². The summed E-state index contributed by atoms with van der Waals surface area (Å²) in [5, 5.41) is 40.1. The first-order valence-corrected chi connectivity index (χ1v) is 15.6. The molecule has 0 atom stereocenters. The standard InChI is InChI=1S/C36H36N4O8.Sn/c1-17-21(5-9-33(41)42)29-14-26-19(3)23(7-11-35(45)46)31(39-26)16-28-20(4)24(8-12-36(47)48)32(40-28)15-27-18(2)22(6-10-34(43)44)30(38-27)13-25(17)37-29;/h13-16H,5-12H2,1-4H3,(H,41,42)(H,43,44)(H,45,46)(H,47,48);/q-4;+4/b25-13-,26-14?,27-15?,28-16-,29-14-,30-13?,31-16?,32-15-;. The summed E-state index contributed by atoms with van der Waals surface area (Å²) in [5.74, 6) is -3.82. The number of carboxylic acids is 4. The number of hydrogen-bond donors (Lipinski definition) is 4. The van der Waals surface area contributed by atoms with Crippen molar-refractivity contribution in [2.75, 3.05) is 0 Å². The van der Waals surface area contributed by atoms with Crippen LogP contribution in [0.15, 0.2) is 0 Å². The fourth-order valence-corrected chi connectivity index (χ4v) is 6.26. The normalized spacial score (nSPS) is 14.6. The number of rotatable bonds is 12. The van der Waals surface area contributed by atoms with Crippen LogP contribution in [0.4, 0.5) is 0 Å². The molecule has 0 saturated heterocycles. The third-order valence-corrected chi connectivity index (χ3v) is 9.00. The van der Waals surface area contributed by atoms with Crippen LogP contribution in [-0.4, -0.2) is 68.2 Å². The van der Waals surface area contributed by atoms with E-state index in [0.717, 1.165) is 44.5 Å². The van der Waals surface area contributed by atoms with E-state index in [1.165, 1.54) is 0 Å². The van der Waals surface area contributed by atoms with Gasteiger partial charge in [0.05, 0.1) is 0 Å². The second kappa shape index (κ2) is 15.2. The number of hydrogen-bond acceptors (Lipinski definition) is 4. The van der Waals surface area contributed by atoms with Gasteiger partial charge in [-0.2, -0.15) is 0 Å². The zero-order valence-corrected chi connectivity index (χ0v) is 30.5. The Morgan fingerprint density at radius 1 is 0.429 bits per heavy atom. The van der Waals surface area contributed by atoms with Gasteiger partial charge in [-0.3, -0.25) is 19.2 Å². The maximum absolute atomic E-state index is 11.6. The maximum Gasteiger partial charge on any atom is 4.00 e. The van der Waals surface area contributed by atoms with Crippen molar-refractivity contribution in [2.24, 2.45) is 0 Å². The Kier molecular flexibility index (Phi) is 11.5. The van der Waals surface area contributed by atoms with Crippen molar-refractivity contribution >= 4 is 72.1 Å². The van der Waals surface area contributed by atoms with E-state index < -0.39 is 23.9 Å². The van der Waals surface area contributed by atoms with E-state index in [2.05, 4.69) is 0 Å². The third-order valence-electron chi connectivity index (χ3n) is 9.00.